The summed E-state index contributed by atoms with van der Waals surface area (Å²) in [5.74, 6) is -0.181. The molecule has 2 saturated heterocycles. The van der Waals surface area contributed by atoms with Crippen LogP contribution in [0.3, 0.4) is 0 Å². The van der Waals surface area contributed by atoms with Gasteiger partial charge in [-0.1, -0.05) is 0 Å². The predicted molar refractivity (Wildman–Crippen MR) is 106 cm³/mol. The van der Waals surface area contributed by atoms with Gasteiger partial charge in [0.1, 0.15) is 5.69 Å². The summed E-state index contributed by atoms with van der Waals surface area (Å²) in [6.07, 6.45) is 7.07. The number of carbonyl (C=O) groups excluding carboxylic acids is 2. The number of likely N-dealkylation sites (tertiary alicyclic amines) is 1. The summed E-state index contributed by atoms with van der Waals surface area (Å²) in [4.78, 5) is 46.8. The van der Waals surface area contributed by atoms with Gasteiger partial charge in [-0.15, -0.1) is 0 Å². The highest BCUT2D eigenvalue weighted by Crippen LogP contribution is 2.33. The molecule has 0 aliphatic carbocycles. The molecule has 0 spiro atoms. The van der Waals surface area contributed by atoms with E-state index in [0.29, 0.717) is 19.0 Å². The Bertz CT molecular complexity index is 896. The summed E-state index contributed by atoms with van der Waals surface area (Å²) in [7, 11) is 1.62. The molecule has 0 aromatic carbocycles. The van der Waals surface area contributed by atoms with Crippen molar-refractivity contribution in [2.45, 2.75) is 25.7 Å². The lowest BCUT2D eigenvalue weighted by Gasteiger charge is -2.19. The summed E-state index contributed by atoms with van der Waals surface area (Å²) in [5, 5.41) is 2.72. The zero-order chi connectivity index (χ0) is 20.4. The highest BCUT2D eigenvalue weighted by atomic mass is 16.2. The maximum atomic E-state index is 12.9. The number of hydrogen-bond acceptors (Lipinski definition) is 7. The second-order valence-corrected chi connectivity index (χ2v) is 7.56. The number of hydrogen-bond donors (Lipinski definition) is 1. The van der Waals surface area contributed by atoms with Crippen LogP contribution in [0.25, 0.3) is 0 Å². The van der Waals surface area contributed by atoms with E-state index in [-0.39, 0.29) is 29.3 Å². The SMILES string of the molecule is CNC(=O)[C@@H]1CN(C(=O)c2cnc(C)cn2)C[C@H]1c1ccnc(N2CCCC2)n1. The van der Waals surface area contributed by atoms with Crippen LogP contribution in [-0.2, 0) is 4.79 Å². The number of carbonyl (C=O) groups is 2. The van der Waals surface area contributed by atoms with Crippen LogP contribution < -0.4 is 10.2 Å². The molecular weight excluding hydrogens is 370 g/mol. The molecule has 0 radical (unpaired) electrons. The zero-order valence-electron chi connectivity index (χ0n) is 16.7. The van der Waals surface area contributed by atoms with Crippen molar-refractivity contribution in [1.29, 1.82) is 0 Å². The number of rotatable bonds is 4. The van der Waals surface area contributed by atoms with Gasteiger partial charge >= 0.3 is 0 Å². The molecule has 2 fully saturated rings. The minimum absolute atomic E-state index is 0.0957. The highest BCUT2D eigenvalue weighted by molar-refractivity contribution is 5.93. The van der Waals surface area contributed by atoms with Crippen molar-refractivity contribution in [1.82, 2.24) is 30.2 Å². The molecule has 29 heavy (non-hydrogen) atoms. The van der Waals surface area contributed by atoms with Crippen LogP contribution in [0.5, 0.6) is 0 Å². The van der Waals surface area contributed by atoms with Crippen LogP contribution in [0.4, 0.5) is 5.95 Å². The van der Waals surface area contributed by atoms with Crippen molar-refractivity contribution in [2.75, 3.05) is 38.1 Å². The molecule has 2 amide bonds. The Balaban J connectivity index is 1.59. The number of aryl methyl sites for hydroxylation is 1. The third-order valence-corrected chi connectivity index (χ3v) is 5.62. The number of amides is 2. The summed E-state index contributed by atoms with van der Waals surface area (Å²) >= 11 is 0. The molecule has 9 heteroatoms. The van der Waals surface area contributed by atoms with Gasteiger partial charge in [-0.25, -0.2) is 15.0 Å². The van der Waals surface area contributed by atoms with Crippen molar-refractivity contribution in [3.63, 3.8) is 0 Å². The Morgan fingerprint density at radius 2 is 1.90 bits per heavy atom. The molecule has 2 aliphatic heterocycles. The fourth-order valence-electron chi connectivity index (χ4n) is 4.02. The van der Waals surface area contributed by atoms with Gasteiger partial charge in [-0.3, -0.25) is 14.6 Å². The summed E-state index contributed by atoms with van der Waals surface area (Å²) in [6.45, 7) is 4.44. The number of aromatic nitrogens is 4. The summed E-state index contributed by atoms with van der Waals surface area (Å²) < 4.78 is 0. The second kappa shape index (κ2) is 8.10. The topological polar surface area (TPSA) is 104 Å². The number of nitrogens with one attached hydrogen (secondary N) is 1. The van der Waals surface area contributed by atoms with Gasteiger partial charge in [0.15, 0.2) is 0 Å². The second-order valence-electron chi connectivity index (χ2n) is 7.56. The molecule has 4 rings (SSSR count). The van der Waals surface area contributed by atoms with Gasteiger partial charge in [0, 0.05) is 51.5 Å². The van der Waals surface area contributed by atoms with E-state index < -0.39 is 0 Å². The molecule has 0 bridgehead atoms. The Labute approximate surface area is 169 Å². The first-order valence-electron chi connectivity index (χ1n) is 9.94. The van der Waals surface area contributed by atoms with E-state index in [1.807, 2.05) is 13.0 Å². The number of nitrogens with zero attached hydrogens (tertiary/aromatic N) is 6. The lowest BCUT2D eigenvalue weighted by atomic mass is 9.92. The van der Waals surface area contributed by atoms with Crippen LogP contribution in [0.2, 0.25) is 0 Å². The average molecular weight is 395 g/mol. The molecule has 0 saturated carbocycles. The monoisotopic (exact) mass is 395 g/mol. The van der Waals surface area contributed by atoms with E-state index >= 15 is 0 Å². The molecule has 0 unspecified atom stereocenters. The molecule has 2 aromatic heterocycles. The first-order valence-corrected chi connectivity index (χ1v) is 9.94. The first kappa shape index (κ1) is 19.2. The van der Waals surface area contributed by atoms with Gasteiger partial charge in [0.25, 0.3) is 5.91 Å². The van der Waals surface area contributed by atoms with Crippen LogP contribution in [0, 0.1) is 12.8 Å². The van der Waals surface area contributed by atoms with Gasteiger partial charge in [-0.2, -0.15) is 0 Å². The summed E-state index contributed by atoms with van der Waals surface area (Å²) in [6, 6.07) is 1.85. The highest BCUT2D eigenvalue weighted by Gasteiger charge is 2.41. The van der Waals surface area contributed by atoms with Crippen molar-refractivity contribution in [2.24, 2.45) is 5.92 Å². The smallest absolute Gasteiger partial charge is 0.274 e. The van der Waals surface area contributed by atoms with Gasteiger partial charge in [0.05, 0.1) is 23.5 Å². The molecular formula is C20H25N7O2. The Kier molecular flexibility index (Phi) is 5.37. The standard InChI is InChI=1S/C20H25N7O2/c1-13-9-24-17(10-23-13)19(29)27-11-14(15(12-27)18(28)21-2)16-5-6-22-20(25-16)26-7-3-4-8-26/h5-6,9-10,14-15H,3-4,7-8,11-12H2,1-2H3,(H,21,28)/t14-,15-/m1/s1. The number of anilines is 1. The van der Waals surface area contributed by atoms with Crippen molar-refractivity contribution >= 4 is 17.8 Å². The minimum atomic E-state index is -0.372. The van der Waals surface area contributed by atoms with Crippen LogP contribution >= 0.6 is 0 Å². The molecule has 9 nitrogen and oxygen atoms in total. The third kappa shape index (κ3) is 3.90. The van der Waals surface area contributed by atoms with Crippen molar-refractivity contribution < 1.29 is 9.59 Å². The Hall–Kier alpha value is -3.10. The van der Waals surface area contributed by atoms with Gasteiger partial charge in [0.2, 0.25) is 11.9 Å². The fraction of sp³-hybridized carbons (Fsp3) is 0.500. The Morgan fingerprint density at radius 1 is 1.10 bits per heavy atom. The van der Waals surface area contributed by atoms with E-state index in [2.05, 4.69) is 25.2 Å². The third-order valence-electron chi connectivity index (χ3n) is 5.62. The zero-order valence-corrected chi connectivity index (χ0v) is 16.7. The molecule has 4 heterocycles. The molecule has 2 aliphatic rings. The minimum Gasteiger partial charge on any atom is -0.359 e. The predicted octanol–water partition coefficient (Wildman–Crippen LogP) is 0.777. The molecule has 2 atom stereocenters. The Morgan fingerprint density at radius 3 is 2.59 bits per heavy atom. The van der Waals surface area contributed by atoms with Crippen LogP contribution in [0.15, 0.2) is 24.7 Å². The van der Waals surface area contributed by atoms with E-state index in [9.17, 15) is 9.59 Å². The molecule has 2 aromatic rings. The van der Waals surface area contributed by atoms with Crippen LogP contribution in [-0.4, -0.2) is 69.9 Å². The normalized spacial score (nSPS) is 21.4. The van der Waals surface area contributed by atoms with E-state index in [1.165, 1.54) is 6.20 Å². The van der Waals surface area contributed by atoms with E-state index in [0.717, 1.165) is 37.3 Å². The fourth-order valence-corrected chi connectivity index (χ4v) is 4.02. The van der Waals surface area contributed by atoms with E-state index in [4.69, 9.17) is 4.98 Å². The molecule has 152 valence electrons. The lowest BCUT2D eigenvalue weighted by Crippen LogP contribution is -2.34. The quantitative estimate of drug-likeness (QED) is 0.816. The first-order chi connectivity index (χ1) is 14.1. The molecule has 1 N–H and O–H groups in total. The van der Waals surface area contributed by atoms with Crippen molar-refractivity contribution in [3.8, 4) is 0 Å². The van der Waals surface area contributed by atoms with E-state index in [1.54, 1.807) is 24.3 Å². The maximum absolute atomic E-state index is 12.9. The lowest BCUT2D eigenvalue weighted by molar-refractivity contribution is -0.124. The average Bonchev–Trinajstić information content (AvgIpc) is 3.44. The maximum Gasteiger partial charge on any atom is 0.274 e. The van der Waals surface area contributed by atoms with Crippen molar-refractivity contribution in [3.05, 3.63) is 41.7 Å². The largest absolute Gasteiger partial charge is 0.359 e. The van der Waals surface area contributed by atoms with Crippen LogP contribution in [0.1, 0.15) is 40.6 Å². The van der Waals surface area contributed by atoms with Gasteiger partial charge in [-0.05, 0) is 25.8 Å². The summed E-state index contributed by atoms with van der Waals surface area (Å²) in [5.41, 5.74) is 1.83. The van der Waals surface area contributed by atoms with Gasteiger partial charge < -0.3 is 15.1 Å².